The molecule has 0 saturated heterocycles. The first kappa shape index (κ1) is 12.0. The second kappa shape index (κ2) is 5.69. The average molecular weight is 201 g/mol. The highest BCUT2D eigenvalue weighted by atomic mass is 16.5. The van der Waals surface area contributed by atoms with Gasteiger partial charge in [-0.2, -0.15) is 0 Å². The minimum absolute atomic E-state index is 0.0145. The molecule has 1 aliphatic carbocycles. The minimum Gasteiger partial charge on any atom is -0.386 e. The molecule has 0 aromatic carbocycles. The molecule has 3 heteroatoms. The van der Waals surface area contributed by atoms with Crippen LogP contribution < -0.4 is 5.32 Å². The maximum atomic E-state index is 10.4. The standard InChI is InChI=1S/C11H23NO2/c1-3-8-12-9-11(13)7-5-4-6-10(11)14-2/h10,12-13H,3-9H2,1-2H3. The monoisotopic (exact) mass is 201 g/mol. The molecule has 1 rings (SSSR count). The van der Waals surface area contributed by atoms with Crippen molar-refractivity contribution in [1.82, 2.24) is 5.32 Å². The highest BCUT2D eigenvalue weighted by molar-refractivity contribution is 4.92. The highest BCUT2D eigenvalue weighted by Crippen LogP contribution is 2.29. The predicted octanol–water partition coefficient (Wildman–Crippen LogP) is 1.31. The Balaban J connectivity index is 2.41. The molecule has 2 atom stereocenters. The lowest BCUT2D eigenvalue weighted by Gasteiger charge is -2.39. The molecule has 84 valence electrons. The summed E-state index contributed by atoms with van der Waals surface area (Å²) in [7, 11) is 1.70. The van der Waals surface area contributed by atoms with Gasteiger partial charge in [0.15, 0.2) is 0 Å². The Morgan fingerprint density at radius 2 is 2.29 bits per heavy atom. The fraction of sp³-hybridized carbons (Fsp3) is 1.00. The maximum absolute atomic E-state index is 10.4. The maximum Gasteiger partial charge on any atom is 0.103 e. The summed E-state index contributed by atoms with van der Waals surface area (Å²) >= 11 is 0. The SMILES string of the molecule is CCCNCC1(O)CCCCC1OC. The zero-order valence-electron chi connectivity index (χ0n) is 9.38. The molecule has 2 unspecified atom stereocenters. The zero-order chi connectivity index (χ0) is 10.4. The van der Waals surface area contributed by atoms with Gasteiger partial charge in [0.05, 0.1) is 6.10 Å². The molecule has 0 aliphatic heterocycles. The van der Waals surface area contributed by atoms with Crippen molar-refractivity contribution in [3.8, 4) is 0 Å². The van der Waals surface area contributed by atoms with Crippen molar-refractivity contribution in [3.05, 3.63) is 0 Å². The molecule has 1 saturated carbocycles. The van der Waals surface area contributed by atoms with Crippen LogP contribution >= 0.6 is 0 Å². The van der Waals surface area contributed by atoms with Crippen LogP contribution in [0.25, 0.3) is 0 Å². The first-order valence-electron chi connectivity index (χ1n) is 5.69. The van der Waals surface area contributed by atoms with Crippen LogP contribution in [0.4, 0.5) is 0 Å². The molecular formula is C11H23NO2. The first-order chi connectivity index (χ1) is 6.73. The lowest BCUT2D eigenvalue weighted by molar-refractivity contribution is -0.114. The predicted molar refractivity (Wildman–Crippen MR) is 57.4 cm³/mol. The minimum atomic E-state index is -0.637. The van der Waals surface area contributed by atoms with E-state index in [4.69, 9.17) is 4.74 Å². The van der Waals surface area contributed by atoms with Gasteiger partial charge in [-0.05, 0) is 25.8 Å². The van der Waals surface area contributed by atoms with Crippen molar-refractivity contribution in [1.29, 1.82) is 0 Å². The third kappa shape index (κ3) is 2.94. The van der Waals surface area contributed by atoms with Crippen LogP contribution in [0.2, 0.25) is 0 Å². The Labute approximate surface area is 86.8 Å². The van der Waals surface area contributed by atoms with E-state index >= 15 is 0 Å². The molecule has 0 aromatic rings. The lowest BCUT2D eigenvalue weighted by atomic mass is 9.82. The van der Waals surface area contributed by atoms with Gasteiger partial charge in [0.25, 0.3) is 0 Å². The molecule has 0 spiro atoms. The summed E-state index contributed by atoms with van der Waals surface area (Å²) < 4.78 is 5.35. The molecule has 2 N–H and O–H groups in total. The van der Waals surface area contributed by atoms with Crippen molar-refractivity contribution in [2.24, 2.45) is 0 Å². The molecule has 1 aliphatic rings. The van der Waals surface area contributed by atoms with Crippen molar-refractivity contribution in [2.45, 2.75) is 50.7 Å². The van der Waals surface area contributed by atoms with Crippen LogP contribution in [0.1, 0.15) is 39.0 Å². The molecule has 0 heterocycles. The Kier molecular flexibility index (Phi) is 4.85. The molecule has 3 nitrogen and oxygen atoms in total. The highest BCUT2D eigenvalue weighted by Gasteiger charge is 2.38. The number of nitrogens with one attached hydrogen (secondary N) is 1. The van der Waals surface area contributed by atoms with Crippen molar-refractivity contribution < 1.29 is 9.84 Å². The van der Waals surface area contributed by atoms with Crippen LogP contribution in [0.15, 0.2) is 0 Å². The van der Waals surface area contributed by atoms with Crippen LogP contribution in [-0.2, 0) is 4.74 Å². The van der Waals surface area contributed by atoms with Crippen molar-refractivity contribution in [2.75, 3.05) is 20.2 Å². The number of methoxy groups -OCH3 is 1. The van der Waals surface area contributed by atoms with Crippen LogP contribution in [0.3, 0.4) is 0 Å². The normalized spacial score (nSPS) is 33.2. The van der Waals surface area contributed by atoms with Gasteiger partial charge in [-0.1, -0.05) is 19.8 Å². The lowest BCUT2D eigenvalue weighted by Crippen LogP contribution is -2.52. The van der Waals surface area contributed by atoms with Crippen LogP contribution in [0.5, 0.6) is 0 Å². The largest absolute Gasteiger partial charge is 0.386 e. The number of aliphatic hydroxyl groups is 1. The topological polar surface area (TPSA) is 41.5 Å². The van der Waals surface area contributed by atoms with E-state index in [1.165, 1.54) is 6.42 Å². The zero-order valence-corrected chi connectivity index (χ0v) is 9.38. The second-order valence-electron chi connectivity index (χ2n) is 4.25. The Bertz CT molecular complexity index is 163. The smallest absolute Gasteiger partial charge is 0.103 e. The Hall–Kier alpha value is -0.120. The summed E-state index contributed by atoms with van der Waals surface area (Å²) in [6.45, 7) is 3.77. The number of ether oxygens (including phenoxy) is 1. The van der Waals surface area contributed by atoms with Gasteiger partial charge >= 0.3 is 0 Å². The second-order valence-corrected chi connectivity index (χ2v) is 4.25. The number of hydrogen-bond acceptors (Lipinski definition) is 3. The molecule has 0 aromatic heterocycles. The molecular weight excluding hydrogens is 178 g/mol. The number of rotatable bonds is 5. The summed E-state index contributed by atoms with van der Waals surface area (Å²) in [5.74, 6) is 0. The summed E-state index contributed by atoms with van der Waals surface area (Å²) in [6, 6.07) is 0. The fourth-order valence-electron chi connectivity index (χ4n) is 2.21. The Morgan fingerprint density at radius 1 is 1.50 bits per heavy atom. The van der Waals surface area contributed by atoms with E-state index in [9.17, 15) is 5.11 Å². The van der Waals surface area contributed by atoms with Crippen LogP contribution in [0, 0.1) is 0 Å². The van der Waals surface area contributed by atoms with E-state index in [-0.39, 0.29) is 6.10 Å². The van der Waals surface area contributed by atoms with Gasteiger partial charge < -0.3 is 15.2 Å². The average Bonchev–Trinajstić information content (AvgIpc) is 2.19. The molecule has 0 amide bonds. The summed E-state index contributed by atoms with van der Waals surface area (Å²) in [4.78, 5) is 0. The van der Waals surface area contributed by atoms with E-state index in [0.717, 1.165) is 32.2 Å². The van der Waals surface area contributed by atoms with E-state index in [2.05, 4.69) is 12.2 Å². The third-order valence-corrected chi connectivity index (χ3v) is 3.07. The van der Waals surface area contributed by atoms with E-state index in [1.54, 1.807) is 7.11 Å². The molecule has 1 fully saturated rings. The van der Waals surface area contributed by atoms with E-state index < -0.39 is 5.60 Å². The molecule has 0 radical (unpaired) electrons. The quantitative estimate of drug-likeness (QED) is 0.659. The molecule has 0 bridgehead atoms. The van der Waals surface area contributed by atoms with Gasteiger partial charge in [0.1, 0.15) is 5.60 Å². The van der Waals surface area contributed by atoms with Gasteiger partial charge in [0, 0.05) is 13.7 Å². The van der Waals surface area contributed by atoms with Crippen LogP contribution in [-0.4, -0.2) is 37.0 Å². The van der Waals surface area contributed by atoms with Crippen molar-refractivity contribution in [3.63, 3.8) is 0 Å². The third-order valence-electron chi connectivity index (χ3n) is 3.07. The summed E-state index contributed by atoms with van der Waals surface area (Å²) in [6.07, 6.45) is 5.26. The first-order valence-corrected chi connectivity index (χ1v) is 5.69. The van der Waals surface area contributed by atoms with E-state index in [0.29, 0.717) is 6.54 Å². The summed E-state index contributed by atoms with van der Waals surface area (Å²) in [5.41, 5.74) is -0.637. The van der Waals surface area contributed by atoms with Crippen molar-refractivity contribution >= 4 is 0 Å². The van der Waals surface area contributed by atoms with Gasteiger partial charge in [-0.25, -0.2) is 0 Å². The summed E-state index contributed by atoms with van der Waals surface area (Å²) in [5, 5.41) is 13.6. The number of hydrogen-bond donors (Lipinski definition) is 2. The van der Waals surface area contributed by atoms with E-state index in [1.807, 2.05) is 0 Å². The molecule has 14 heavy (non-hydrogen) atoms. The van der Waals surface area contributed by atoms with Gasteiger partial charge in [0.2, 0.25) is 0 Å². The van der Waals surface area contributed by atoms with Gasteiger partial charge in [-0.15, -0.1) is 0 Å². The van der Waals surface area contributed by atoms with Gasteiger partial charge in [-0.3, -0.25) is 0 Å². The Morgan fingerprint density at radius 3 is 2.93 bits per heavy atom. The fourth-order valence-corrected chi connectivity index (χ4v) is 2.21.